The van der Waals surface area contributed by atoms with E-state index in [1.54, 1.807) is 10.9 Å². The molecule has 1 aliphatic heterocycles. The second-order valence-electron chi connectivity index (χ2n) is 8.22. The minimum absolute atomic E-state index is 0.00650. The number of fused-ring (bicyclic) bond motifs is 1. The highest BCUT2D eigenvalue weighted by molar-refractivity contribution is 7.53. The maximum Gasteiger partial charge on any atom is 0.359 e. The molecular formula is C17H25ClN9O6P. The van der Waals surface area contributed by atoms with Gasteiger partial charge < -0.3 is 29.7 Å². The number of hydrogen-bond acceptors (Lipinski definition) is 11. The van der Waals surface area contributed by atoms with Gasteiger partial charge in [0.25, 0.3) is 0 Å². The van der Waals surface area contributed by atoms with Crippen molar-refractivity contribution >= 4 is 36.0 Å². The van der Waals surface area contributed by atoms with Crippen molar-refractivity contribution in [2.75, 3.05) is 18.5 Å². The molecule has 5 N–H and O–H groups in total. The van der Waals surface area contributed by atoms with E-state index in [0.29, 0.717) is 29.7 Å². The van der Waals surface area contributed by atoms with Crippen LogP contribution in [0.3, 0.4) is 0 Å². The summed E-state index contributed by atoms with van der Waals surface area (Å²) in [6.07, 6.45) is 1.24. The fraction of sp³-hybridized carbons (Fsp3) is 0.647. The van der Waals surface area contributed by atoms with Gasteiger partial charge in [0.2, 0.25) is 5.28 Å². The molecule has 4 rings (SSSR count). The molecular weight excluding hydrogens is 493 g/mol. The molecule has 1 aliphatic rings. The molecule has 1 fully saturated rings. The molecule has 15 nitrogen and oxygen atoms in total. The second kappa shape index (κ2) is 9.77. The van der Waals surface area contributed by atoms with Gasteiger partial charge in [-0.2, -0.15) is 20.3 Å². The Labute approximate surface area is 198 Å². The highest BCUT2D eigenvalue weighted by atomic mass is 35.5. The van der Waals surface area contributed by atoms with Gasteiger partial charge in [-0.3, -0.25) is 4.57 Å². The van der Waals surface area contributed by atoms with E-state index < -0.39 is 38.3 Å². The summed E-state index contributed by atoms with van der Waals surface area (Å²) in [6, 6.07) is 0.120. The Morgan fingerprint density at radius 2 is 2.21 bits per heavy atom. The third kappa shape index (κ3) is 5.05. The Bertz CT molecular complexity index is 1170. The Balaban J connectivity index is 1.49. The van der Waals surface area contributed by atoms with E-state index >= 15 is 0 Å². The molecule has 3 aromatic heterocycles. The van der Waals surface area contributed by atoms with Gasteiger partial charge in [-0.25, -0.2) is 4.68 Å². The Morgan fingerprint density at radius 3 is 2.85 bits per heavy atom. The van der Waals surface area contributed by atoms with Gasteiger partial charge in [0.1, 0.15) is 5.82 Å². The SMILES string of the molecule is CC(C)Nc1nc(Cl)nc2c1cnn2[C@H]1CC[C@@H](COC(CO)(Cc2nn[nH]n2)P(=O)(O)O)O1. The summed E-state index contributed by atoms with van der Waals surface area (Å²) in [4.78, 5) is 28.3. The lowest BCUT2D eigenvalue weighted by Gasteiger charge is -2.32. The molecule has 0 amide bonds. The number of aliphatic hydroxyl groups excluding tert-OH is 1. The number of anilines is 1. The number of aliphatic hydroxyl groups is 1. The molecule has 3 atom stereocenters. The zero-order valence-corrected chi connectivity index (χ0v) is 20.0. The molecule has 186 valence electrons. The van der Waals surface area contributed by atoms with Crippen molar-refractivity contribution in [2.24, 2.45) is 0 Å². The molecule has 0 saturated carbocycles. The third-order valence-corrected chi connectivity index (χ3v) is 7.01. The van der Waals surface area contributed by atoms with Gasteiger partial charge in [-0.1, -0.05) is 5.21 Å². The van der Waals surface area contributed by atoms with Crippen LogP contribution < -0.4 is 5.32 Å². The van der Waals surface area contributed by atoms with E-state index in [1.165, 1.54) is 0 Å². The van der Waals surface area contributed by atoms with Gasteiger partial charge in [0.15, 0.2) is 23.0 Å². The normalized spacial score (nSPS) is 20.8. The summed E-state index contributed by atoms with van der Waals surface area (Å²) in [6.45, 7) is 2.81. The van der Waals surface area contributed by atoms with Crippen molar-refractivity contribution in [1.29, 1.82) is 0 Å². The predicted molar refractivity (Wildman–Crippen MR) is 118 cm³/mol. The van der Waals surface area contributed by atoms with Crippen LogP contribution in [0.2, 0.25) is 5.28 Å². The first-order valence-electron chi connectivity index (χ1n) is 10.5. The number of H-pyrrole nitrogens is 1. The minimum Gasteiger partial charge on any atom is -0.393 e. The predicted octanol–water partition coefficient (Wildman–Crippen LogP) is 0.616. The molecule has 1 unspecified atom stereocenters. The number of tetrazole rings is 1. The number of aromatic amines is 1. The monoisotopic (exact) mass is 517 g/mol. The van der Waals surface area contributed by atoms with E-state index in [-0.39, 0.29) is 23.8 Å². The summed E-state index contributed by atoms with van der Waals surface area (Å²) in [5.74, 6) is 0.554. The molecule has 17 heteroatoms. The van der Waals surface area contributed by atoms with Crippen molar-refractivity contribution in [3.8, 4) is 0 Å². The summed E-state index contributed by atoms with van der Waals surface area (Å²) in [5.41, 5.74) is 0.492. The van der Waals surface area contributed by atoms with Crippen LogP contribution in [-0.4, -0.2) is 86.0 Å². The topological polar surface area (TPSA) is 206 Å². The molecule has 0 aliphatic carbocycles. The fourth-order valence-corrected chi connectivity index (χ4v) is 4.61. The van der Waals surface area contributed by atoms with Crippen LogP contribution in [0.25, 0.3) is 11.0 Å². The Kier molecular flexibility index (Phi) is 7.14. The Morgan fingerprint density at radius 1 is 1.41 bits per heavy atom. The van der Waals surface area contributed by atoms with Crippen LogP contribution in [0.1, 0.15) is 38.7 Å². The standard InChI is InChI=1S/C17H25ClN9O6P/c1-9(2)20-14-11-6-19-27(15(11)22-16(18)21-14)13-4-3-10(33-13)7-32-17(8-28,34(29,30)31)5-12-23-25-26-24-12/h6,9-10,13,28H,3-5,7-8H2,1-2H3,(H,20,21,22)(H2,29,30,31)(H,23,24,25,26)/t10-,13+,17?/m0/s1. The van der Waals surface area contributed by atoms with Crippen molar-refractivity contribution in [2.45, 2.75) is 56.8 Å². The van der Waals surface area contributed by atoms with Crippen LogP contribution in [0.15, 0.2) is 6.20 Å². The van der Waals surface area contributed by atoms with Gasteiger partial charge in [-0.05, 0) is 38.3 Å². The maximum absolute atomic E-state index is 12.2. The second-order valence-corrected chi connectivity index (χ2v) is 10.5. The highest BCUT2D eigenvalue weighted by Crippen LogP contribution is 2.52. The molecule has 4 heterocycles. The highest BCUT2D eigenvalue weighted by Gasteiger charge is 2.50. The molecule has 1 saturated heterocycles. The maximum atomic E-state index is 12.2. The quantitative estimate of drug-likeness (QED) is 0.185. The fourth-order valence-electron chi connectivity index (χ4n) is 3.67. The van der Waals surface area contributed by atoms with Crippen molar-refractivity contribution in [3.63, 3.8) is 0 Å². The first-order chi connectivity index (χ1) is 16.1. The first-order valence-corrected chi connectivity index (χ1v) is 12.5. The largest absolute Gasteiger partial charge is 0.393 e. The summed E-state index contributed by atoms with van der Waals surface area (Å²) < 4.78 is 25.4. The van der Waals surface area contributed by atoms with Crippen LogP contribution in [-0.2, 0) is 20.5 Å². The van der Waals surface area contributed by atoms with Crippen LogP contribution in [0.5, 0.6) is 0 Å². The number of halogens is 1. The van der Waals surface area contributed by atoms with E-state index in [1.807, 2.05) is 13.8 Å². The first kappa shape index (κ1) is 24.9. The number of hydrogen-bond donors (Lipinski definition) is 5. The molecule has 0 spiro atoms. The lowest BCUT2D eigenvalue weighted by Crippen LogP contribution is -2.41. The Hall–Kier alpha value is -2.26. The number of rotatable bonds is 10. The van der Waals surface area contributed by atoms with E-state index in [4.69, 9.17) is 21.1 Å². The van der Waals surface area contributed by atoms with E-state index in [9.17, 15) is 19.5 Å². The summed E-state index contributed by atoms with van der Waals surface area (Å²) in [5, 5.41) is 28.9. The number of nitrogens with one attached hydrogen (secondary N) is 2. The van der Waals surface area contributed by atoms with Gasteiger partial charge >= 0.3 is 7.60 Å². The number of ether oxygens (including phenoxy) is 2. The van der Waals surface area contributed by atoms with Gasteiger partial charge in [-0.15, -0.1) is 10.2 Å². The van der Waals surface area contributed by atoms with Gasteiger partial charge in [0.05, 0.1) is 37.3 Å². The minimum atomic E-state index is -4.93. The van der Waals surface area contributed by atoms with Gasteiger partial charge in [0, 0.05) is 6.04 Å². The lowest BCUT2D eigenvalue weighted by atomic mass is 10.2. The summed E-state index contributed by atoms with van der Waals surface area (Å²) in [7, 11) is -4.93. The lowest BCUT2D eigenvalue weighted by molar-refractivity contribution is -0.0948. The molecule has 0 aromatic carbocycles. The molecule has 34 heavy (non-hydrogen) atoms. The van der Waals surface area contributed by atoms with Crippen LogP contribution in [0, 0.1) is 0 Å². The molecule has 0 radical (unpaired) electrons. The average Bonchev–Trinajstić information content (AvgIpc) is 3.50. The van der Waals surface area contributed by atoms with E-state index in [0.717, 1.165) is 0 Å². The summed E-state index contributed by atoms with van der Waals surface area (Å²) >= 11 is 6.11. The van der Waals surface area contributed by atoms with Crippen molar-refractivity contribution < 1.29 is 28.9 Å². The number of aromatic nitrogens is 8. The smallest absolute Gasteiger partial charge is 0.359 e. The van der Waals surface area contributed by atoms with Crippen LogP contribution in [0.4, 0.5) is 5.82 Å². The average molecular weight is 518 g/mol. The van der Waals surface area contributed by atoms with Crippen molar-refractivity contribution in [1.82, 2.24) is 40.4 Å². The van der Waals surface area contributed by atoms with Crippen molar-refractivity contribution in [3.05, 3.63) is 17.3 Å². The van der Waals surface area contributed by atoms with Crippen LogP contribution >= 0.6 is 19.2 Å². The number of nitrogens with zero attached hydrogens (tertiary/aromatic N) is 7. The molecule has 3 aromatic rings. The third-order valence-electron chi connectivity index (χ3n) is 5.35. The molecule has 0 bridgehead atoms. The van der Waals surface area contributed by atoms with E-state index in [2.05, 4.69) is 41.0 Å². The zero-order chi connectivity index (χ0) is 24.5. The zero-order valence-electron chi connectivity index (χ0n) is 18.4.